The Labute approximate surface area is 136 Å². The molecule has 0 N–H and O–H groups in total. The van der Waals surface area contributed by atoms with Gasteiger partial charge in [0.2, 0.25) is 10.0 Å². The number of sulfonamides is 1. The highest BCUT2D eigenvalue weighted by Gasteiger charge is 2.30. The van der Waals surface area contributed by atoms with Gasteiger partial charge in [0, 0.05) is 20.1 Å². The lowest BCUT2D eigenvalue weighted by Crippen LogP contribution is -2.31. The third kappa shape index (κ3) is 3.19. The van der Waals surface area contributed by atoms with E-state index in [4.69, 9.17) is 11.6 Å². The van der Waals surface area contributed by atoms with Crippen molar-refractivity contribution in [2.45, 2.75) is 32.2 Å². The highest BCUT2D eigenvalue weighted by molar-refractivity contribution is 7.89. The first-order valence-corrected chi connectivity index (χ1v) is 8.84. The summed E-state index contributed by atoms with van der Waals surface area (Å²) in [5.74, 6) is 0. The van der Waals surface area contributed by atoms with Gasteiger partial charge < -0.3 is 0 Å². The standard InChI is InChI=1S/C15H20ClN3O2S/c1-5-19(10-13-8-6-7-11(2)9-13)22(20,21)14-12(3)17-18(4)15(14)16/h6-9H,5,10H2,1-4H3. The zero-order valence-corrected chi connectivity index (χ0v) is 14.7. The van der Waals surface area contributed by atoms with E-state index in [2.05, 4.69) is 5.10 Å². The van der Waals surface area contributed by atoms with Crippen molar-refractivity contribution >= 4 is 21.6 Å². The van der Waals surface area contributed by atoms with Crippen LogP contribution in [0.3, 0.4) is 0 Å². The number of benzene rings is 1. The summed E-state index contributed by atoms with van der Waals surface area (Å²) in [5, 5.41) is 4.23. The molecule has 0 atom stereocenters. The second-order valence-corrected chi connectivity index (χ2v) is 7.48. The van der Waals surface area contributed by atoms with Gasteiger partial charge in [0.1, 0.15) is 10.0 Å². The number of hydrogen-bond donors (Lipinski definition) is 0. The highest BCUT2D eigenvalue weighted by Crippen LogP contribution is 2.28. The van der Waals surface area contributed by atoms with E-state index in [1.54, 1.807) is 14.0 Å². The molecule has 120 valence electrons. The Morgan fingerprint density at radius 2 is 2.00 bits per heavy atom. The van der Waals surface area contributed by atoms with Crippen LogP contribution in [0.15, 0.2) is 29.2 Å². The molecule has 1 heterocycles. The van der Waals surface area contributed by atoms with E-state index >= 15 is 0 Å². The minimum Gasteiger partial charge on any atom is -0.255 e. The van der Waals surface area contributed by atoms with Gasteiger partial charge in [-0.15, -0.1) is 0 Å². The van der Waals surface area contributed by atoms with Gasteiger partial charge in [-0.05, 0) is 19.4 Å². The molecule has 1 aromatic heterocycles. The summed E-state index contributed by atoms with van der Waals surface area (Å²) >= 11 is 6.12. The normalized spacial score (nSPS) is 12.1. The Kier molecular flexibility index (Phi) is 4.94. The first-order valence-electron chi connectivity index (χ1n) is 7.02. The van der Waals surface area contributed by atoms with Crippen molar-refractivity contribution in [3.8, 4) is 0 Å². The van der Waals surface area contributed by atoms with Crippen LogP contribution < -0.4 is 0 Å². The summed E-state index contributed by atoms with van der Waals surface area (Å²) in [7, 11) is -2.05. The fourth-order valence-corrected chi connectivity index (χ4v) is 4.56. The first-order chi connectivity index (χ1) is 10.3. The molecular weight excluding hydrogens is 322 g/mol. The maximum Gasteiger partial charge on any atom is 0.248 e. The third-order valence-electron chi connectivity index (χ3n) is 3.49. The summed E-state index contributed by atoms with van der Waals surface area (Å²) in [6, 6.07) is 7.81. The van der Waals surface area contributed by atoms with Crippen molar-refractivity contribution in [1.29, 1.82) is 0 Å². The van der Waals surface area contributed by atoms with Crippen molar-refractivity contribution < 1.29 is 8.42 Å². The number of nitrogens with zero attached hydrogens (tertiary/aromatic N) is 3. The van der Waals surface area contributed by atoms with E-state index in [0.29, 0.717) is 18.8 Å². The van der Waals surface area contributed by atoms with E-state index < -0.39 is 10.0 Å². The van der Waals surface area contributed by atoms with E-state index in [1.807, 2.05) is 38.1 Å². The fraction of sp³-hybridized carbons (Fsp3) is 0.400. The van der Waals surface area contributed by atoms with Crippen LogP contribution in [0.5, 0.6) is 0 Å². The zero-order valence-electron chi connectivity index (χ0n) is 13.2. The van der Waals surface area contributed by atoms with E-state index in [0.717, 1.165) is 11.1 Å². The van der Waals surface area contributed by atoms with Gasteiger partial charge in [0.05, 0.1) is 5.69 Å². The molecule has 0 fully saturated rings. The molecule has 0 unspecified atom stereocenters. The second kappa shape index (κ2) is 6.40. The van der Waals surface area contributed by atoms with Gasteiger partial charge in [-0.25, -0.2) is 8.42 Å². The lowest BCUT2D eigenvalue weighted by atomic mass is 10.1. The van der Waals surface area contributed by atoms with E-state index in [9.17, 15) is 8.42 Å². The van der Waals surface area contributed by atoms with Crippen molar-refractivity contribution in [2.75, 3.05) is 6.54 Å². The molecule has 0 spiro atoms. The van der Waals surface area contributed by atoms with Gasteiger partial charge in [0.15, 0.2) is 0 Å². The molecule has 0 saturated heterocycles. The molecule has 0 bridgehead atoms. The van der Waals surface area contributed by atoms with Crippen LogP contribution in [0, 0.1) is 13.8 Å². The molecule has 22 heavy (non-hydrogen) atoms. The maximum absolute atomic E-state index is 12.9. The number of hydrogen-bond acceptors (Lipinski definition) is 3. The Hall–Kier alpha value is -1.37. The highest BCUT2D eigenvalue weighted by atomic mass is 35.5. The molecule has 2 aromatic rings. The molecule has 2 rings (SSSR count). The molecule has 0 aliphatic carbocycles. The maximum atomic E-state index is 12.9. The molecule has 0 aliphatic rings. The minimum absolute atomic E-state index is 0.0890. The molecule has 5 nitrogen and oxygen atoms in total. The Bertz CT molecular complexity index is 784. The van der Waals surface area contributed by atoms with Crippen LogP contribution in [0.1, 0.15) is 23.7 Å². The lowest BCUT2D eigenvalue weighted by molar-refractivity contribution is 0.423. The number of aromatic nitrogens is 2. The lowest BCUT2D eigenvalue weighted by Gasteiger charge is -2.20. The van der Waals surface area contributed by atoms with Crippen molar-refractivity contribution in [3.63, 3.8) is 0 Å². The number of rotatable bonds is 5. The predicted octanol–water partition coefficient (Wildman–Crippen LogP) is 2.90. The van der Waals surface area contributed by atoms with Crippen LogP contribution in [0.25, 0.3) is 0 Å². The quantitative estimate of drug-likeness (QED) is 0.840. The first kappa shape index (κ1) is 17.0. The second-order valence-electron chi connectivity index (χ2n) is 5.25. The summed E-state index contributed by atoms with van der Waals surface area (Å²) < 4.78 is 28.6. The van der Waals surface area contributed by atoms with Crippen LogP contribution >= 0.6 is 11.6 Å². The third-order valence-corrected chi connectivity index (χ3v) is 6.11. The summed E-state index contributed by atoms with van der Waals surface area (Å²) in [6.45, 7) is 6.12. The van der Waals surface area contributed by atoms with E-state index in [1.165, 1.54) is 8.99 Å². The van der Waals surface area contributed by atoms with Gasteiger partial charge >= 0.3 is 0 Å². The smallest absolute Gasteiger partial charge is 0.248 e. The number of aryl methyl sites for hydroxylation is 3. The van der Waals surface area contributed by atoms with Gasteiger partial charge in [-0.1, -0.05) is 48.4 Å². The summed E-state index contributed by atoms with van der Waals surface area (Å²) in [4.78, 5) is 0.0890. The Morgan fingerprint density at radius 3 is 2.50 bits per heavy atom. The molecule has 0 amide bonds. The largest absolute Gasteiger partial charge is 0.255 e. The Morgan fingerprint density at radius 1 is 1.32 bits per heavy atom. The summed E-state index contributed by atoms with van der Waals surface area (Å²) in [6.07, 6.45) is 0. The van der Waals surface area contributed by atoms with Gasteiger partial charge in [-0.2, -0.15) is 9.40 Å². The minimum atomic E-state index is -3.68. The SMILES string of the molecule is CCN(Cc1cccc(C)c1)S(=O)(=O)c1c(C)nn(C)c1Cl. The van der Waals surface area contributed by atoms with Crippen molar-refractivity contribution in [3.05, 3.63) is 46.2 Å². The molecular formula is C15H20ClN3O2S. The molecule has 7 heteroatoms. The average Bonchev–Trinajstić information content (AvgIpc) is 2.69. The number of halogens is 1. The zero-order chi connectivity index (χ0) is 16.5. The van der Waals surface area contributed by atoms with Crippen LogP contribution in [0.4, 0.5) is 0 Å². The topological polar surface area (TPSA) is 55.2 Å². The van der Waals surface area contributed by atoms with Gasteiger partial charge in [0.25, 0.3) is 0 Å². The van der Waals surface area contributed by atoms with Crippen molar-refractivity contribution in [2.24, 2.45) is 7.05 Å². The molecule has 0 saturated carbocycles. The molecule has 0 aliphatic heterocycles. The Balaban J connectivity index is 2.41. The monoisotopic (exact) mass is 341 g/mol. The van der Waals surface area contributed by atoms with Crippen LogP contribution in [-0.2, 0) is 23.6 Å². The van der Waals surface area contributed by atoms with Crippen molar-refractivity contribution in [1.82, 2.24) is 14.1 Å². The van der Waals surface area contributed by atoms with E-state index in [-0.39, 0.29) is 10.0 Å². The van der Waals surface area contributed by atoms with Crippen LogP contribution in [0.2, 0.25) is 5.15 Å². The fourth-order valence-electron chi connectivity index (χ4n) is 2.41. The predicted molar refractivity (Wildman–Crippen MR) is 87.4 cm³/mol. The molecule has 0 radical (unpaired) electrons. The molecule has 1 aromatic carbocycles. The van der Waals surface area contributed by atoms with Crippen LogP contribution in [-0.4, -0.2) is 29.0 Å². The average molecular weight is 342 g/mol. The van der Waals surface area contributed by atoms with Gasteiger partial charge in [-0.3, -0.25) is 4.68 Å². The summed E-state index contributed by atoms with van der Waals surface area (Å²) in [5.41, 5.74) is 2.46.